The van der Waals surface area contributed by atoms with Crippen molar-refractivity contribution >= 4 is 17.2 Å². The molecule has 2 heterocycles. The van der Waals surface area contributed by atoms with Gasteiger partial charge in [0, 0.05) is 23.5 Å². The van der Waals surface area contributed by atoms with Gasteiger partial charge < -0.3 is 5.32 Å². The summed E-state index contributed by atoms with van der Waals surface area (Å²) in [6.45, 7) is 5.88. The van der Waals surface area contributed by atoms with E-state index in [2.05, 4.69) is 20.5 Å². The molecule has 0 saturated carbocycles. The minimum absolute atomic E-state index is 0.00468. The maximum absolute atomic E-state index is 11.9. The second-order valence-electron chi connectivity index (χ2n) is 4.75. The first-order valence-corrected chi connectivity index (χ1v) is 7.12. The Morgan fingerprint density at radius 1 is 1.47 bits per heavy atom. The Bertz CT molecular complexity index is 560. The number of hydrogen-bond acceptors (Lipinski definition) is 4. The summed E-state index contributed by atoms with van der Waals surface area (Å²) in [6.07, 6.45) is 1.07. The first-order valence-electron chi connectivity index (χ1n) is 6.24. The number of hydrogen-bond donors (Lipinski definition) is 2. The van der Waals surface area contributed by atoms with Gasteiger partial charge in [0.2, 0.25) is 5.91 Å². The van der Waals surface area contributed by atoms with Gasteiger partial charge in [-0.2, -0.15) is 5.10 Å². The predicted molar refractivity (Wildman–Crippen MR) is 75.2 cm³/mol. The second kappa shape index (κ2) is 5.97. The summed E-state index contributed by atoms with van der Waals surface area (Å²) >= 11 is 1.57. The highest BCUT2D eigenvalue weighted by atomic mass is 32.1. The molecule has 5 nitrogen and oxygen atoms in total. The third kappa shape index (κ3) is 4.17. The van der Waals surface area contributed by atoms with Gasteiger partial charge in [-0.25, -0.2) is 4.98 Å². The first kappa shape index (κ1) is 13.7. The lowest BCUT2D eigenvalue weighted by molar-refractivity contribution is -0.121. The number of nitrogens with zero attached hydrogens (tertiary/aromatic N) is 2. The van der Waals surface area contributed by atoms with Crippen LogP contribution in [-0.2, 0) is 17.6 Å². The Kier molecular flexibility index (Phi) is 4.31. The minimum Gasteiger partial charge on any atom is -0.353 e. The zero-order chi connectivity index (χ0) is 13.8. The van der Waals surface area contributed by atoms with Crippen molar-refractivity contribution in [3.05, 3.63) is 33.5 Å². The van der Waals surface area contributed by atoms with Crippen LogP contribution in [-0.4, -0.2) is 27.1 Å². The van der Waals surface area contributed by atoms with Crippen LogP contribution in [0.25, 0.3) is 0 Å². The van der Waals surface area contributed by atoms with Crippen LogP contribution in [0.3, 0.4) is 0 Å². The largest absolute Gasteiger partial charge is 0.353 e. The molecule has 2 rings (SSSR count). The molecule has 0 fully saturated rings. The van der Waals surface area contributed by atoms with E-state index in [4.69, 9.17) is 0 Å². The van der Waals surface area contributed by atoms with Crippen LogP contribution in [0.4, 0.5) is 0 Å². The fourth-order valence-electron chi connectivity index (χ4n) is 1.92. The molecule has 1 amide bonds. The van der Waals surface area contributed by atoms with E-state index in [1.54, 1.807) is 11.3 Å². The Morgan fingerprint density at radius 3 is 2.84 bits per heavy atom. The number of rotatable bonds is 5. The molecule has 0 unspecified atom stereocenters. The van der Waals surface area contributed by atoms with Crippen molar-refractivity contribution in [3.8, 4) is 0 Å². The van der Waals surface area contributed by atoms with E-state index >= 15 is 0 Å². The summed E-state index contributed by atoms with van der Waals surface area (Å²) in [5.74, 6) is 0.00468. The number of aryl methyl sites for hydroxylation is 2. The lowest BCUT2D eigenvalue weighted by Gasteiger charge is -2.11. The van der Waals surface area contributed by atoms with Gasteiger partial charge in [-0.15, -0.1) is 11.3 Å². The first-order chi connectivity index (χ1) is 9.02. The summed E-state index contributed by atoms with van der Waals surface area (Å²) in [6, 6.07) is 2.06. The summed E-state index contributed by atoms with van der Waals surface area (Å²) in [4.78, 5) is 16.1. The van der Waals surface area contributed by atoms with Gasteiger partial charge in [0.25, 0.3) is 0 Å². The predicted octanol–water partition coefficient (Wildman–Crippen LogP) is 1.77. The smallest absolute Gasteiger partial charge is 0.226 e. The van der Waals surface area contributed by atoms with Crippen LogP contribution in [0.2, 0.25) is 0 Å². The van der Waals surface area contributed by atoms with Crippen molar-refractivity contribution < 1.29 is 4.79 Å². The van der Waals surface area contributed by atoms with Crippen molar-refractivity contribution in [2.75, 3.05) is 0 Å². The number of thiazole rings is 1. The third-order valence-corrected chi connectivity index (χ3v) is 3.51. The summed E-state index contributed by atoms with van der Waals surface area (Å²) in [7, 11) is 0. The van der Waals surface area contributed by atoms with Gasteiger partial charge in [0.05, 0.1) is 22.8 Å². The number of aromatic amines is 1. The molecule has 2 aromatic heterocycles. The average molecular weight is 278 g/mol. The van der Waals surface area contributed by atoms with Gasteiger partial charge in [-0.1, -0.05) is 0 Å². The molecule has 0 radical (unpaired) electrons. The lowest BCUT2D eigenvalue weighted by Crippen LogP contribution is -2.35. The van der Waals surface area contributed by atoms with Crippen molar-refractivity contribution in [2.24, 2.45) is 0 Å². The van der Waals surface area contributed by atoms with E-state index < -0.39 is 0 Å². The molecule has 0 aliphatic carbocycles. The normalized spacial score (nSPS) is 12.4. The molecule has 0 spiro atoms. The minimum atomic E-state index is 0.00468. The molecule has 1 atom stereocenters. The van der Waals surface area contributed by atoms with Gasteiger partial charge in [0.1, 0.15) is 0 Å². The Hall–Kier alpha value is -1.69. The highest BCUT2D eigenvalue weighted by Crippen LogP contribution is 2.08. The summed E-state index contributed by atoms with van der Waals surface area (Å²) < 4.78 is 0. The SMILES string of the molecule is Cc1cc(C[C@@H](C)NC(=O)Cc2csc(C)n2)n[nH]1. The molecule has 0 aliphatic heterocycles. The molecule has 102 valence electrons. The van der Waals surface area contributed by atoms with E-state index in [1.165, 1.54) is 0 Å². The standard InChI is InChI=1S/C13H18N4OS/c1-8(4-11-5-9(2)16-17-11)14-13(18)6-12-7-19-10(3)15-12/h5,7-8H,4,6H2,1-3H3,(H,14,18)(H,16,17)/t8-/m1/s1. The molecule has 19 heavy (non-hydrogen) atoms. The van der Waals surface area contributed by atoms with Crippen LogP contribution in [0, 0.1) is 13.8 Å². The Morgan fingerprint density at radius 2 is 2.26 bits per heavy atom. The third-order valence-electron chi connectivity index (χ3n) is 2.69. The molecule has 2 N–H and O–H groups in total. The topological polar surface area (TPSA) is 70.7 Å². The zero-order valence-electron chi connectivity index (χ0n) is 11.4. The Labute approximate surface area is 116 Å². The van der Waals surface area contributed by atoms with Crippen LogP contribution in [0.15, 0.2) is 11.4 Å². The maximum Gasteiger partial charge on any atom is 0.226 e. The van der Waals surface area contributed by atoms with Crippen molar-refractivity contribution in [1.82, 2.24) is 20.5 Å². The van der Waals surface area contributed by atoms with Crippen LogP contribution in [0.1, 0.15) is 29.0 Å². The quantitative estimate of drug-likeness (QED) is 0.875. The number of nitrogens with one attached hydrogen (secondary N) is 2. The number of carbonyl (C=O) groups excluding carboxylic acids is 1. The number of amides is 1. The van der Waals surface area contributed by atoms with Crippen molar-refractivity contribution in [2.45, 2.75) is 39.7 Å². The molecule has 2 aromatic rings. The average Bonchev–Trinajstić information content (AvgIpc) is 2.87. The zero-order valence-corrected chi connectivity index (χ0v) is 12.2. The maximum atomic E-state index is 11.9. The number of H-pyrrole nitrogens is 1. The fraction of sp³-hybridized carbons (Fsp3) is 0.462. The van der Waals surface area contributed by atoms with Crippen molar-refractivity contribution in [3.63, 3.8) is 0 Å². The van der Waals surface area contributed by atoms with Crippen LogP contribution in [0.5, 0.6) is 0 Å². The van der Waals surface area contributed by atoms with E-state index in [9.17, 15) is 4.79 Å². The second-order valence-corrected chi connectivity index (χ2v) is 5.81. The molecule has 0 bridgehead atoms. The van der Waals surface area contributed by atoms with Gasteiger partial charge in [0.15, 0.2) is 0 Å². The number of aromatic nitrogens is 3. The highest BCUT2D eigenvalue weighted by molar-refractivity contribution is 7.09. The molecule has 0 aliphatic rings. The van der Waals surface area contributed by atoms with Gasteiger partial charge >= 0.3 is 0 Å². The highest BCUT2D eigenvalue weighted by Gasteiger charge is 2.11. The van der Waals surface area contributed by atoms with E-state index in [-0.39, 0.29) is 11.9 Å². The van der Waals surface area contributed by atoms with Gasteiger partial charge in [-0.3, -0.25) is 9.89 Å². The monoisotopic (exact) mass is 278 g/mol. The van der Waals surface area contributed by atoms with E-state index in [1.807, 2.05) is 32.2 Å². The van der Waals surface area contributed by atoms with Crippen molar-refractivity contribution in [1.29, 1.82) is 0 Å². The fourth-order valence-corrected chi connectivity index (χ4v) is 2.54. The summed E-state index contributed by atoms with van der Waals surface area (Å²) in [5.41, 5.74) is 2.84. The van der Waals surface area contributed by atoms with Crippen LogP contribution < -0.4 is 5.32 Å². The van der Waals surface area contributed by atoms with E-state index in [0.717, 1.165) is 28.5 Å². The molecule has 0 saturated heterocycles. The molecular weight excluding hydrogens is 260 g/mol. The molecule has 0 aromatic carbocycles. The molecular formula is C13H18N4OS. The Balaban J connectivity index is 1.81. The van der Waals surface area contributed by atoms with Gasteiger partial charge in [-0.05, 0) is 26.8 Å². The van der Waals surface area contributed by atoms with E-state index in [0.29, 0.717) is 6.42 Å². The summed E-state index contributed by atoms with van der Waals surface area (Å²) in [5, 5.41) is 12.9. The lowest BCUT2D eigenvalue weighted by atomic mass is 10.1. The van der Waals surface area contributed by atoms with Crippen LogP contribution >= 0.6 is 11.3 Å². The molecule has 6 heteroatoms. The number of carbonyl (C=O) groups is 1.